The molecule has 10 nitrogen and oxygen atoms in total. The maximum atomic E-state index is 13.0. The standard InChI is InChI=1S/C24H35N5O5S/c1-12(2)19(23(32)27-18(11-35)22(31)29-20(13(3)4)24(33)34)28-21(30)16(25)9-14-10-26-17-8-6-5-7-15(14)17/h5-8,10,12-13,16,18-20,26,35H,9,11,25H2,1-4H3,(H,27,32)(H,28,30)(H,29,31)(H,33,34). The zero-order valence-electron chi connectivity index (χ0n) is 20.4. The minimum Gasteiger partial charge on any atom is -0.480 e. The first kappa shape index (κ1) is 28.2. The first-order chi connectivity index (χ1) is 16.5. The molecule has 0 radical (unpaired) electrons. The lowest BCUT2D eigenvalue weighted by atomic mass is 10.0. The summed E-state index contributed by atoms with van der Waals surface area (Å²) in [6.07, 6.45) is 2.08. The van der Waals surface area contributed by atoms with E-state index in [0.29, 0.717) is 0 Å². The lowest BCUT2D eigenvalue weighted by molar-refractivity contribution is -0.143. The molecule has 0 fully saturated rings. The number of aromatic nitrogens is 1. The fourth-order valence-electron chi connectivity index (χ4n) is 3.65. The van der Waals surface area contributed by atoms with Gasteiger partial charge >= 0.3 is 5.97 Å². The fourth-order valence-corrected chi connectivity index (χ4v) is 3.91. The van der Waals surface area contributed by atoms with Crippen molar-refractivity contribution in [1.29, 1.82) is 0 Å². The Morgan fingerprint density at radius 2 is 1.54 bits per heavy atom. The molecule has 0 spiro atoms. The first-order valence-corrected chi connectivity index (χ1v) is 12.1. The van der Waals surface area contributed by atoms with Crippen LogP contribution >= 0.6 is 12.6 Å². The van der Waals surface area contributed by atoms with Gasteiger partial charge in [-0.3, -0.25) is 14.4 Å². The minimum absolute atomic E-state index is 0.0547. The molecule has 2 rings (SSSR count). The van der Waals surface area contributed by atoms with Gasteiger partial charge in [0.05, 0.1) is 6.04 Å². The number of carbonyl (C=O) groups is 4. The van der Waals surface area contributed by atoms with Gasteiger partial charge in [0.2, 0.25) is 17.7 Å². The van der Waals surface area contributed by atoms with Gasteiger partial charge in [0, 0.05) is 22.9 Å². The molecule has 4 unspecified atom stereocenters. The molecule has 1 aromatic carbocycles. The number of H-pyrrole nitrogens is 1. The van der Waals surface area contributed by atoms with Crippen LogP contribution in [0.25, 0.3) is 10.9 Å². The summed E-state index contributed by atoms with van der Waals surface area (Å²) in [5.74, 6) is -3.63. The van der Waals surface area contributed by atoms with Gasteiger partial charge in [-0.1, -0.05) is 45.9 Å². The second kappa shape index (κ2) is 12.6. The highest BCUT2D eigenvalue weighted by Gasteiger charge is 2.32. The molecule has 0 saturated heterocycles. The molecule has 11 heteroatoms. The average molecular weight is 506 g/mol. The van der Waals surface area contributed by atoms with Crippen LogP contribution in [0.15, 0.2) is 30.5 Å². The molecule has 1 aromatic heterocycles. The Kier molecular flexibility index (Phi) is 10.1. The zero-order valence-corrected chi connectivity index (χ0v) is 21.3. The van der Waals surface area contributed by atoms with Crippen molar-refractivity contribution < 1.29 is 24.3 Å². The van der Waals surface area contributed by atoms with Gasteiger partial charge in [-0.05, 0) is 29.9 Å². The molecular weight excluding hydrogens is 470 g/mol. The van der Waals surface area contributed by atoms with Gasteiger partial charge in [-0.2, -0.15) is 12.6 Å². The van der Waals surface area contributed by atoms with Gasteiger partial charge < -0.3 is 31.8 Å². The van der Waals surface area contributed by atoms with Crippen LogP contribution < -0.4 is 21.7 Å². The van der Waals surface area contributed by atoms with Crippen molar-refractivity contribution in [2.75, 3.05) is 5.75 Å². The molecule has 0 saturated carbocycles. The molecule has 4 atom stereocenters. The van der Waals surface area contributed by atoms with Gasteiger partial charge in [0.1, 0.15) is 18.1 Å². The molecule has 3 amide bonds. The fraction of sp³-hybridized carbons (Fsp3) is 0.500. The number of aromatic amines is 1. The number of carboxylic acids is 1. The van der Waals surface area contributed by atoms with Crippen molar-refractivity contribution in [3.05, 3.63) is 36.0 Å². The Morgan fingerprint density at radius 1 is 0.943 bits per heavy atom. The summed E-state index contributed by atoms with van der Waals surface area (Å²) in [7, 11) is 0. The van der Waals surface area contributed by atoms with E-state index in [1.165, 1.54) is 0 Å². The maximum Gasteiger partial charge on any atom is 0.326 e. The number of hydrogen-bond acceptors (Lipinski definition) is 6. The van der Waals surface area contributed by atoms with Crippen LogP contribution in [0.5, 0.6) is 0 Å². The largest absolute Gasteiger partial charge is 0.480 e. The highest BCUT2D eigenvalue weighted by molar-refractivity contribution is 7.80. The van der Waals surface area contributed by atoms with Gasteiger partial charge in [-0.15, -0.1) is 0 Å². The number of nitrogens with one attached hydrogen (secondary N) is 4. The Hall–Kier alpha value is -3.05. The van der Waals surface area contributed by atoms with Crippen molar-refractivity contribution >= 4 is 47.2 Å². The normalized spacial score (nSPS) is 14.9. The number of carbonyl (C=O) groups excluding carboxylic acids is 3. The number of amides is 3. The van der Waals surface area contributed by atoms with Crippen molar-refractivity contribution in [2.45, 2.75) is 58.3 Å². The predicted octanol–water partition coefficient (Wildman–Crippen LogP) is 0.819. The van der Waals surface area contributed by atoms with E-state index in [1.54, 1.807) is 27.7 Å². The van der Waals surface area contributed by atoms with E-state index in [-0.39, 0.29) is 24.0 Å². The number of aliphatic carboxylic acids is 1. The van der Waals surface area contributed by atoms with Crippen LogP contribution in [-0.2, 0) is 25.6 Å². The number of fused-ring (bicyclic) bond motifs is 1. The van der Waals surface area contributed by atoms with Crippen LogP contribution in [0.2, 0.25) is 0 Å². The molecule has 192 valence electrons. The smallest absolute Gasteiger partial charge is 0.326 e. The highest BCUT2D eigenvalue weighted by Crippen LogP contribution is 2.19. The maximum absolute atomic E-state index is 13.0. The number of thiol groups is 1. The highest BCUT2D eigenvalue weighted by atomic mass is 32.1. The van der Waals surface area contributed by atoms with E-state index in [1.807, 2.05) is 30.5 Å². The molecule has 7 N–H and O–H groups in total. The van der Waals surface area contributed by atoms with Crippen LogP contribution in [0, 0.1) is 11.8 Å². The molecule has 35 heavy (non-hydrogen) atoms. The molecule has 1 heterocycles. The van der Waals surface area contributed by atoms with Crippen molar-refractivity contribution in [3.8, 4) is 0 Å². The quantitative estimate of drug-likeness (QED) is 0.211. The summed E-state index contributed by atoms with van der Waals surface area (Å²) in [5, 5.41) is 18.0. The first-order valence-electron chi connectivity index (χ1n) is 11.5. The minimum atomic E-state index is -1.17. The van der Waals surface area contributed by atoms with Gasteiger partial charge in [0.25, 0.3) is 0 Å². The number of hydrogen-bond donors (Lipinski definition) is 7. The van der Waals surface area contributed by atoms with Gasteiger partial charge in [0.15, 0.2) is 0 Å². The molecule has 0 aliphatic heterocycles. The second-order valence-corrected chi connectivity index (χ2v) is 9.58. The average Bonchev–Trinajstić information content (AvgIpc) is 3.20. The summed E-state index contributed by atoms with van der Waals surface area (Å²) >= 11 is 4.12. The predicted molar refractivity (Wildman–Crippen MR) is 137 cm³/mol. The summed E-state index contributed by atoms with van der Waals surface area (Å²) in [4.78, 5) is 52.9. The molecule has 0 aliphatic rings. The summed E-state index contributed by atoms with van der Waals surface area (Å²) in [5.41, 5.74) is 7.97. The monoisotopic (exact) mass is 505 g/mol. The summed E-state index contributed by atoms with van der Waals surface area (Å²) < 4.78 is 0. The zero-order chi connectivity index (χ0) is 26.3. The Balaban J connectivity index is 2.04. The molecule has 2 aromatic rings. The van der Waals surface area contributed by atoms with E-state index in [4.69, 9.17) is 5.73 Å². The molecule has 0 aliphatic carbocycles. The third-order valence-corrected chi connectivity index (χ3v) is 6.11. The van der Waals surface area contributed by atoms with E-state index in [9.17, 15) is 24.3 Å². The Labute approximate surface area is 210 Å². The van der Waals surface area contributed by atoms with Crippen LogP contribution in [-0.4, -0.2) is 63.7 Å². The number of rotatable bonds is 12. The number of nitrogens with two attached hydrogens (primary N) is 1. The lowest BCUT2D eigenvalue weighted by Gasteiger charge is -2.27. The second-order valence-electron chi connectivity index (χ2n) is 9.21. The topological polar surface area (TPSA) is 166 Å². The molecular formula is C24H35N5O5S. The van der Waals surface area contributed by atoms with Crippen molar-refractivity contribution in [1.82, 2.24) is 20.9 Å². The molecule has 0 bridgehead atoms. The third-order valence-electron chi connectivity index (χ3n) is 5.74. The van der Waals surface area contributed by atoms with Crippen LogP contribution in [0.3, 0.4) is 0 Å². The summed E-state index contributed by atoms with van der Waals surface area (Å²) in [6.45, 7) is 6.84. The number of carboxylic acid groups (broad SMARTS) is 1. The lowest BCUT2D eigenvalue weighted by Crippen LogP contribution is -2.59. The Bertz CT molecular complexity index is 1050. The van der Waals surface area contributed by atoms with Gasteiger partial charge in [-0.25, -0.2) is 4.79 Å². The van der Waals surface area contributed by atoms with E-state index >= 15 is 0 Å². The van der Waals surface area contributed by atoms with E-state index < -0.39 is 47.9 Å². The number of para-hydroxylation sites is 1. The van der Waals surface area contributed by atoms with E-state index in [2.05, 4.69) is 33.6 Å². The Morgan fingerprint density at radius 3 is 2.11 bits per heavy atom. The van der Waals surface area contributed by atoms with Crippen LogP contribution in [0.1, 0.15) is 33.3 Å². The van der Waals surface area contributed by atoms with Crippen LogP contribution in [0.4, 0.5) is 0 Å². The van der Waals surface area contributed by atoms with E-state index in [0.717, 1.165) is 16.5 Å². The number of benzene rings is 1. The van der Waals surface area contributed by atoms with Crippen molar-refractivity contribution in [3.63, 3.8) is 0 Å². The third kappa shape index (κ3) is 7.46. The van der Waals surface area contributed by atoms with Crippen molar-refractivity contribution in [2.24, 2.45) is 17.6 Å². The SMILES string of the molecule is CC(C)C(NC(=O)C(CS)NC(=O)C(NC(=O)C(N)Cc1c[nH]c2ccccc12)C(C)C)C(=O)O. The summed E-state index contributed by atoms with van der Waals surface area (Å²) in [6, 6.07) is 3.64.